The number of carbonyl (C=O) groups is 1. The first-order chi connectivity index (χ1) is 9.57. The van der Waals surface area contributed by atoms with Gasteiger partial charge in [-0.2, -0.15) is 0 Å². The molecule has 2 rings (SSSR count). The van der Waals surface area contributed by atoms with E-state index in [9.17, 15) is 9.90 Å². The summed E-state index contributed by atoms with van der Waals surface area (Å²) in [5, 5.41) is 13.4. The summed E-state index contributed by atoms with van der Waals surface area (Å²) in [7, 11) is 2.07. The number of rotatable bonds is 4. The Labute approximate surface area is 122 Å². The van der Waals surface area contributed by atoms with Crippen LogP contribution in [0.3, 0.4) is 0 Å². The zero-order valence-corrected chi connectivity index (χ0v) is 12.7. The van der Waals surface area contributed by atoms with E-state index in [1.54, 1.807) is 0 Å². The van der Waals surface area contributed by atoms with Gasteiger partial charge in [0.2, 0.25) is 5.91 Å². The first-order valence-corrected chi connectivity index (χ1v) is 7.97. The summed E-state index contributed by atoms with van der Waals surface area (Å²) >= 11 is 0. The number of nitrogens with one attached hydrogen (secondary N) is 1. The molecule has 0 radical (unpaired) electrons. The standard InChI is InChI=1S/C15H29N3O2/c1-17-10-6-15(20,7-11-17)13-16-14(19)12-18-8-4-2-3-5-9-18/h20H,2-13H2,1H3,(H,16,19). The van der Waals surface area contributed by atoms with E-state index in [4.69, 9.17) is 0 Å². The second-order valence-electron chi connectivity index (χ2n) is 6.49. The molecule has 5 nitrogen and oxygen atoms in total. The van der Waals surface area contributed by atoms with Gasteiger partial charge < -0.3 is 15.3 Å². The van der Waals surface area contributed by atoms with Gasteiger partial charge in [-0.05, 0) is 45.8 Å². The fourth-order valence-electron chi connectivity index (χ4n) is 3.03. The Bertz CT molecular complexity index is 306. The Morgan fingerprint density at radius 1 is 1.10 bits per heavy atom. The highest BCUT2D eigenvalue weighted by Crippen LogP contribution is 2.20. The molecule has 5 heteroatoms. The number of hydrogen-bond acceptors (Lipinski definition) is 4. The normalized spacial score (nSPS) is 25.1. The monoisotopic (exact) mass is 283 g/mol. The summed E-state index contributed by atoms with van der Waals surface area (Å²) in [4.78, 5) is 16.5. The minimum atomic E-state index is -0.707. The lowest BCUT2D eigenvalue weighted by Crippen LogP contribution is -2.51. The molecule has 0 aromatic heterocycles. The second kappa shape index (κ2) is 7.38. The third kappa shape index (κ3) is 5.04. The minimum Gasteiger partial charge on any atom is -0.388 e. The third-order valence-corrected chi connectivity index (χ3v) is 4.60. The molecule has 2 aliphatic rings. The van der Waals surface area contributed by atoms with E-state index in [1.807, 2.05) is 0 Å². The molecule has 2 N–H and O–H groups in total. The molecule has 2 aliphatic heterocycles. The molecule has 0 saturated carbocycles. The van der Waals surface area contributed by atoms with E-state index in [-0.39, 0.29) is 5.91 Å². The van der Waals surface area contributed by atoms with E-state index >= 15 is 0 Å². The molecule has 2 saturated heterocycles. The van der Waals surface area contributed by atoms with Crippen molar-refractivity contribution in [3.05, 3.63) is 0 Å². The molecule has 20 heavy (non-hydrogen) atoms. The van der Waals surface area contributed by atoms with Crippen LogP contribution in [0.25, 0.3) is 0 Å². The van der Waals surface area contributed by atoms with Crippen molar-refractivity contribution in [2.75, 3.05) is 46.3 Å². The van der Waals surface area contributed by atoms with Crippen LogP contribution in [0, 0.1) is 0 Å². The maximum absolute atomic E-state index is 12.0. The quantitative estimate of drug-likeness (QED) is 0.786. The predicted octanol–water partition coefficient (Wildman–Crippen LogP) is 0.435. The molecule has 0 bridgehead atoms. The highest BCUT2D eigenvalue weighted by atomic mass is 16.3. The van der Waals surface area contributed by atoms with Crippen LogP contribution in [0.2, 0.25) is 0 Å². The summed E-state index contributed by atoms with van der Waals surface area (Å²) in [5.41, 5.74) is -0.707. The predicted molar refractivity (Wildman–Crippen MR) is 79.6 cm³/mol. The molecule has 2 fully saturated rings. The van der Waals surface area contributed by atoms with Crippen molar-refractivity contribution in [3.63, 3.8) is 0 Å². The SMILES string of the molecule is CN1CCC(O)(CNC(=O)CN2CCCCCC2)CC1. The first-order valence-electron chi connectivity index (χ1n) is 7.97. The summed E-state index contributed by atoms with van der Waals surface area (Å²) in [6.45, 7) is 4.74. The van der Waals surface area contributed by atoms with Gasteiger partial charge in [-0.1, -0.05) is 12.8 Å². The van der Waals surface area contributed by atoms with Gasteiger partial charge in [0.25, 0.3) is 0 Å². The van der Waals surface area contributed by atoms with Gasteiger partial charge in [-0.15, -0.1) is 0 Å². The molecular formula is C15H29N3O2. The van der Waals surface area contributed by atoms with Crippen LogP contribution in [0.15, 0.2) is 0 Å². The Morgan fingerprint density at radius 2 is 1.70 bits per heavy atom. The number of carbonyl (C=O) groups excluding carboxylic acids is 1. The lowest BCUT2D eigenvalue weighted by molar-refractivity contribution is -0.124. The lowest BCUT2D eigenvalue weighted by atomic mass is 9.91. The number of piperidine rings is 1. The second-order valence-corrected chi connectivity index (χ2v) is 6.49. The number of amides is 1. The molecule has 0 aromatic carbocycles. The summed E-state index contributed by atoms with van der Waals surface area (Å²) in [5.74, 6) is 0.0549. The fourth-order valence-corrected chi connectivity index (χ4v) is 3.03. The zero-order valence-electron chi connectivity index (χ0n) is 12.7. The van der Waals surface area contributed by atoms with Crippen LogP contribution in [-0.2, 0) is 4.79 Å². The number of aliphatic hydroxyl groups is 1. The van der Waals surface area contributed by atoms with Gasteiger partial charge in [0, 0.05) is 19.6 Å². The smallest absolute Gasteiger partial charge is 0.234 e. The largest absolute Gasteiger partial charge is 0.388 e. The number of likely N-dealkylation sites (tertiary alicyclic amines) is 2. The molecule has 1 amide bonds. The maximum Gasteiger partial charge on any atom is 0.234 e. The Kier molecular flexibility index (Phi) is 5.81. The fraction of sp³-hybridized carbons (Fsp3) is 0.933. The van der Waals surface area contributed by atoms with Crippen LogP contribution < -0.4 is 5.32 Å². The van der Waals surface area contributed by atoms with Crippen LogP contribution in [0.5, 0.6) is 0 Å². The van der Waals surface area contributed by atoms with Crippen LogP contribution >= 0.6 is 0 Å². The van der Waals surface area contributed by atoms with Crippen LogP contribution in [0.1, 0.15) is 38.5 Å². The Morgan fingerprint density at radius 3 is 2.30 bits per heavy atom. The molecule has 2 heterocycles. The van der Waals surface area contributed by atoms with Gasteiger partial charge in [0.1, 0.15) is 0 Å². The minimum absolute atomic E-state index is 0.0549. The average molecular weight is 283 g/mol. The van der Waals surface area contributed by atoms with Crippen molar-refractivity contribution in [3.8, 4) is 0 Å². The lowest BCUT2D eigenvalue weighted by Gasteiger charge is -2.36. The molecule has 0 atom stereocenters. The summed E-state index contributed by atoms with van der Waals surface area (Å²) in [6.07, 6.45) is 6.45. The average Bonchev–Trinajstić information content (AvgIpc) is 2.69. The first kappa shape index (κ1) is 15.7. The third-order valence-electron chi connectivity index (χ3n) is 4.60. The van der Waals surface area contributed by atoms with E-state index in [1.165, 1.54) is 25.7 Å². The summed E-state index contributed by atoms with van der Waals surface area (Å²) in [6, 6.07) is 0. The molecule has 0 unspecified atom stereocenters. The zero-order chi connectivity index (χ0) is 14.4. The van der Waals surface area contributed by atoms with Crippen molar-refractivity contribution < 1.29 is 9.90 Å². The Hall–Kier alpha value is -0.650. The van der Waals surface area contributed by atoms with Crippen LogP contribution in [-0.4, -0.2) is 72.7 Å². The molecular weight excluding hydrogens is 254 g/mol. The van der Waals surface area contributed by atoms with Gasteiger partial charge in [0.05, 0.1) is 12.1 Å². The molecule has 0 aromatic rings. The van der Waals surface area contributed by atoms with Crippen molar-refractivity contribution in [1.29, 1.82) is 0 Å². The van der Waals surface area contributed by atoms with Crippen LogP contribution in [0.4, 0.5) is 0 Å². The van der Waals surface area contributed by atoms with E-state index < -0.39 is 5.60 Å². The van der Waals surface area contributed by atoms with Gasteiger partial charge >= 0.3 is 0 Å². The Balaban J connectivity index is 1.69. The maximum atomic E-state index is 12.0. The van der Waals surface area contributed by atoms with Gasteiger partial charge in [0.15, 0.2) is 0 Å². The molecule has 0 aliphatic carbocycles. The van der Waals surface area contributed by atoms with Gasteiger partial charge in [-0.3, -0.25) is 9.69 Å². The highest BCUT2D eigenvalue weighted by Gasteiger charge is 2.31. The van der Waals surface area contributed by atoms with E-state index in [2.05, 4.69) is 22.2 Å². The van der Waals surface area contributed by atoms with Gasteiger partial charge in [-0.25, -0.2) is 0 Å². The van der Waals surface area contributed by atoms with Crippen molar-refractivity contribution >= 4 is 5.91 Å². The topological polar surface area (TPSA) is 55.8 Å². The summed E-state index contributed by atoms with van der Waals surface area (Å²) < 4.78 is 0. The molecule has 0 spiro atoms. The highest BCUT2D eigenvalue weighted by molar-refractivity contribution is 5.78. The van der Waals surface area contributed by atoms with E-state index in [0.29, 0.717) is 13.1 Å². The van der Waals surface area contributed by atoms with Crippen molar-refractivity contribution in [2.45, 2.75) is 44.1 Å². The number of hydrogen-bond donors (Lipinski definition) is 2. The molecule has 116 valence electrons. The van der Waals surface area contributed by atoms with Crippen molar-refractivity contribution in [1.82, 2.24) is 15.1 Å². The number of nitrogens with zero attached hydrogens (tertiary/aromatic N) is 2. The van der Waals surface area contributed by atoms with Crippen molar-refractivity contribution in [2.24, 2.45) is 0 Å². The van der Waals surface area contributed by atoms with E-state index in [0.717, 1.165) is 39.0 Å².